The molecule has 2 unspecified atom stereocenters. The highest BCUT2D eigenvalue weighted by molar-refractivity contribution is 5.03. The summed E-state index contributed by atoms with van der Waals surface area (Å²) >= 11 is 0. The highest BCUT2D eigenvalue weighted by Gasteiger charge is 2.29. The number of hydrogen-bond donors (Lipinski definition) is 0. The molecule has 0 aliphatic heterocycles. The Hall–Kier alpha value is -0.600. The van der Waals surface area contributed by atoms with Gasteiger partial charge in [-0.05, 0) is 85.5 Å². The molecule has 0 bridgehead atoms. The Labute approximate surface area is 177 Å². The summed E-state index contributed by atoms with van der Waals surface area (Å²) in [5, 5.41) is 0. The van der Waals surface area contributed by atoms with E-state index in [1.807, 2.05) is 0 Å². The van der Waals surface area contributed by atoms with E-state index in [1.165, 1.54) is 24.8 Å². The van der Waals surface area contributed by atoms with Crippen LogP contribution >= 0.6 is 0 Å². The lowest BCUT2D eigenvalue weighted by Crippen LogP contribution is -2.38. The van der Waals surface area contributed by atoms with Gasteiger partial charge in [0.2, 0.25) is 0 Å². The molecule has 0 N–H and O–H groups in total. The van der Waals surface area contributed by atoms with E-state index in [0.29, 0.717) is 0 Å². The lowest BCUT2D eigenvalue weighted by atomic mass is 10.0. The van der Waals surface area contributed by atoms with Gasteiger partial charge in [-0.2, -0.15) is 0 Å². The quantitative estimate of drug-likeness (QED) is 0.193. The summed E-state index contributed by atoms with van der Waals surface area (Å²) in [5.41, 5.74) is 3.02. The number of ether oxygens (including phenoxy) is 2. The Morgan fingerprint density at radius 3 is 1.82 bits per heavy atom. The van der Waals surface area contributed by atoms with Gasteiger partial charge in [0.05, 0.1) is 12.2 Å². The van der Waals surface area contributed by atoms with Gasteiger partial charge >= 0.3 is 0 Å². The van der Waals surface area contributed by atoms with Gasteiger partial charge in [-0.1, -0.05) is 57.4 Å². The zero-order chi connectivity index (χ0) is 21.6. The molecule has 2 atom stereocenters. The van der Waals surface area contributed by atoms with Gasteiger partial charge in [0, 0.05) is 6.42 Å². The molecular weight excluding hydrogens is 344 g/mol. The topological polar surface area (TPSA) is 18.5 Å². The summed E-state index contributed by atoms with van der Waals surface area (Å²) in [4.78, 5) is 0. The Morgan fingerprint density at radius 2 is 1.32 bits per heavy atom. The fourth-order valence-corrected chi connectivity index (χ4v) is 3.28. The summed E-state index contributed by atoms with van der Waals surface area (Å²) in [6.45, 7) is 19.9. The van der Waals surface area contributed by atoms with Crippen LogP contribution in [-0.4, -0.2) is 18.0 Å². The predicted molar refractivity (Wildman–Crippen MR) is 125 cm³/mol. The average molecular weight is 395 g/mol. The van der Waals surface area contributed by atoms with Crippen LogP contribution in [0.3, 0.4) is 0 Å². The maximum Gasteiger partial charge on any atom is 0.166 e. The second-order valence-corrected chi connectivity index (χ2v) is 9.27. The summed E-state index contributed by atoms with van der Waals surface area (Å²) < 4.78 is 12.5. The molecule has 0 radical (unpaired) electrons. The molecular formula is C26H50O2. The van der Waals surface area contributed by atoms with Gasteiger partial charge in [-0.25, -0.2) is 0 Å². The molecule has 0 heterocycles. The molecule has 2 heteroatoms. The van der Waals surface area contributed by atoms with E-state index >= 15 is 0 Å². The second kappa shape index (κ2) is 15.3. The largest absolute Gasteiger partial charge is 0.347 e. The van der Waals surface area contributed by atoms with E-state index in [-0.39, 0.29) is 12.2 Å². The zero-order valence-corrected chi connectivity index (χ0v) is 20.6. The number of allylic oxidation sites excluding steroid dienone is 4. The Morgan fingerprint density at radius 1 is 0.821 bits per heavy atom. The fraction of sp³-hybridized carbons (Fsp3) is 0.846. The van der Waals surface area contributed by atoms with Crippen LogP contribution in [0.25, 0.3) is 0 Å². The van der Waals surface area contributed by atoms with Crippen molar-refractivity contribution < 1.29 is 9.47 Å². The van der Waals surface area contributed by atoms with Crippen molar-refractivity contribution in [1.82, 2.24) is 0 Å². The molecule has 2 nitrogen and oxygen atoms in total. The molecule has 0 aromatic rings. The van der Waals surface area contributed by atoms with Gasteiger partial charge < -0.3 is 9.47 Å². The van der Waals surface area contributed by atoms with E-state index in [9.17, 15) is 0 Å². The Bertz CT molecular complexity index is 435. The smallest absolute Gasteiger partial charge is 0.166 e. The molecule has 0 spiro atoms. The van der Waals surface area contributed by atoms with Crippen molar-refractivity contribution in [3.05, 3.63) is 23.3 Å². The Kier molecular flexibility index (Phi) is 14.9. The first-order valence-electron chi connectivity index (χ1n) is 11.8. The molecule has 0 aliphatic rings. The van der Waals surface area contributed by atoms with Crippen molar-refractivity contribution in [2.45, 2.75) is 138 Å². The molecule has 0 rings (SSSR count). The van der Waals surface area contributed by atoms with Gasteiger partial charge in [-0.15, -0.1) is 0 Å². The zero-order valence-electron chi connectivity index (χ0n) is 20.6. The van der Waals surface area contributed by atoms with Crippen molar-refractivity contribution in [3.8, 4) is 0 Å². The van der Waals surface area contributed by atoms with Crippen molar-refractivity contribution in [3.63, 3.8) is 0 Å². The minimum atomic E-state index is -0.492. The van der Waals surface area contributed by atoms with Crippen molar-refractivity contribution in [2.75, 3.05) is 0 Å². The highest BCUT2D eigenvalue weighted by Crippen LogP contribution is 2.26. The molecule has 0 amide bonds. The summed E-state index contributed by atoms with van der Waals surface area (Å²) in [6.07, 6.45) is 15.4. The molecule has 28 heavy (non-hydrogen) atoms. The third kappa shape index (κ3) is 14.4. The van der Waals surface area contributed by atoms with Crippen LogP contribution in [0.4, 0.5) is 0 Å². The first-order valence-corrected chi connectivity index (χ1v) is 11.8. The van der Waals surface area contributed by atoms with Gasteiger partial charge in [0.1, 0.15) is 0 Å². The first-order chi connectivity index (χ1) is 13.1. The van der Waals surface area contributed by atoms with Crippen LogP contribution in [0.5, 0.6) is 0 Å². The fourth-order valence-electron chi connectivity index (χ4n) is 3.28. The predicted octanol–water partition coefficient (Wildman–Crippen LogP) is 8.61. The van der Waals surface area contributed by atoms with Crippen LogP contribution in [0.2, 0.25) is 0 Å². The lowest BCUT2D eigenvalue weighted by molar-refractivity contribution is -0.266. The maximum absolute atomic E-state index is 6.25. The third-order valence-corrected chi connectivity index (χ3v) is 5.53. The average Bonchev–Trinajstić information content (AvgIpc) is 2.60. The number of rotatable bonds is 16. The molecule has 0 saturated heterocycles. The van der Waals surface area contributed by atoms with Crippen LogP contribution < -0.4 is 0 Å². The van der Waals surface area contributed by atoms with E-state index in [4.69, 9.17) is 9.47 Å². The SMILES string of the molecule is CCC(C)OC(C)(CCC=C(C)CCC=C(C)CCCC(C)C)OC(C)CC. The first kappa shape index (κ1) is 27.4. The third-order valence-electron chi connectivity index (χ3n) is 5.53. The monoisotopic (exact) mass is 394 g/mol. The minimum Gasteiger partial charge on any atom is -0.347 e. The molecule has 0 aliphatic carbocycles. The second-order valence-electron chi connectivity index (χ2n) is 9.27. The maximum atomic E-state index is 6.25. The van der Waals surface area contributed by atoms with Crippen LogP contribution in [-0.2, 0) is 9.47 Å². The summed E-state index contributed by atoms with van der Waals surface area (Å²) in [7, 11) is 0. The van der Waals surface area contributed by atoms with E-state index in [0.717, 1.165) is 44.4 Å². The highest BCUT2D eigenvalue weighted by atomic mass is 16.7. The summed E-state index contributed by atoms with van der Waals surface area (Å²) in [5.74, 6) is 0.325. The molecule has 0 saturated carbocycles. The number of hydrogen-bond acceptors (Lipinski definition) is 2. The Balaban J connectivity index is 4.45. The van der Waals surface area contributed by atoms with Crippen LogP contribution in [0.15, 0.2) is 23.3 Å². The van der Waals surface area contributed by atoms with Gasteiger partial charge in [-0.3, -0.25) is 0 Å². The molecule has 0 aromatic heterocycles. The normalized spacial score (nSPS) is 17.6. The standard InChI is InChI=1S/C26H50O2/c1-10-24(7)27-26(9,28-25(8)11-2)20-14-19-23(6)18-13-17-22(5)16-12-15-21(3)4/h17,19,21,24-25H,10-16,18,20H2,1-9H3. The van der Waals surface area contributed by atoms with Crippen molar-refractivity contribution in [1.29, 1.82) is 0 Å². The van der Waals surface area contributed by atoms with E-state index in [2.05, 4.69) is 74.5 Å². The van der Waals surface area contributed by atoms with E-state index < -0.39 is 5.79 Å². The van der Waals surface area contributed by atoms with Crippen molar-refractivity contribution >= 4 is 0 Å². The van der Waals surface area contributed by atoms with Crippen LogP contribution in [0.1, 0.15) is 120 Å². The molecule has 166 valence electrons. The van der Waals surface area contributed by atoms with Gasteiger partial charge in [0.25, 0.3) is 0 Å². The van der Waals surface area contributed by atoms with Gasteiger partial charge in [0.15, 0.2) is 5.79 Å². The minimum absolute atomic E-state index is 0.225. The van der Waals surface area contributed by atoms with E-state index in [1.54, 1.807) is 5.57 Å². The lowest BCUT2D eigenvalue weighted by Gasteiger charge is -2.35. The molecule has 0 fully saturated rings. The summed E-state index contributed by atoms with van der Waals surface area (Å²) in [6, 6.07) is 0. The van der Waals surface area contributed by atoms with Crippen LogP contribution in [0, 0.1) is 5.92 Å². The van der Waals surface area contributed by atoms with Crippen molar-refractivity contribution in [2.24, 2.45) is 5.92 Å². The molecule has 0 aromatic carbocycles.